The zero-order chi connectivity index (χ0) is 22.2. The third-order valence-corrected chi connectivity index (χ3v) is 5.73. The van der Waals surface area contributed by atoms with Crippen LogP contribution in [0.2, 0.25) is 0 Å². The second-order valence-corrected chi connectivity index (χ2v) is 7.60. The molecule has 5 rings (SSSR count). The molecule has 0 aliphatic heterocycles. The summed E-state index contributed by atoms with van der Waals surface area (Å²) < 4.78 is 5.80. The number of fused-ring (bicyclic) bond motifs is 3. The van der Waals surface area contributed by atoms with Gasteiger partial charge in [0.2, 0.25) is 0 Å². The van der Waals surface area contributed by atoms with E-state index < -0.39 is 11.9 Å². The van der Waals surface area contributed by atoms with E-state index in [1.165, 1.54) is 40.5 Å². The lowest BCUT2D eigenvalue weighted by Gasteiger charge is -2.15. The Hall–Kier alpha value is -4.38. The number of hydrogen-bond acceptors (Lipinski definition) is 3. The number of ether oxygens (including phenoxy) is 1. The quantitative estimate of drug-likeness (QED) is 0.361. The monoisotopic (exact) mass is 422 g/mol. The lowest BCUT2D eigenvalue weighted by atomic mass is 9.89. The number of carbonyl (C=O) groups is 2. The van der Waals surface area contributed by atoms with Gasteiger partial charge in [-0.15, -0.1) is 0 Å². The van der Waals surface area contributed by atoms with Crippen LogP contribution in [-0.2, 0) is 0 Å². The molecule has 5 nitrogen and oxygen atoms in total. The molecular weight excluding hydrogens is 404 g/mol. The van der Waals surface area contributed by atoms with Gasteiger partial charge in [-0.05, 0) is 58.1 Å². The van der Waals surface area contributed by atoms with Crippen LogP contribution in [0.25, 0.3) is 11.1 Å². The Balaban J connectivity index is 1.45. The minimum absolute atomic E-state index is 0.130. The van der Waals surface area contributed by atoms with Crippen molar-refractivity contribution >= 4 is 11.9 Å². The van der Waals surface area contributed by atoms with Crippen molar-refractivity contribution in [1.29, 1.82) is 0 Å². The lowest BCUT2D eigenvalue weighted by Crippen LogP contribution is -2.07. The number of rotatable bonds is 5. The minimum atomic E-state index is -1.32. The van der Waals surface area contributed by atoms with Gasteiger partial charge in [0.15, 0.2) is 0 Å². The largest absolute Gasteiger partial charge is 0.478 e. The van der Waals surface area contributed by atoms with E-state index in [0.717, 1.165) is 5.56 Å². The van der Waals surface area contributed by atoms with Crippen LogP contribution in [0.4, 0.5) is 0 Å². The van der Waals surface area contributed by atoms with Crippen LogP contribution in [0.1, 0.15) is 43.3 Å². The molecule has 156 valence electrons. The van der Waals surface area contributed by atoms with E-state index in [1.54, 1.807) is 0 Å². The molecule has 1 aliphatic carbocycles. The molecule has 1 aliphatic rings. The molecule has 0 amide bonds. The molecule has 0 aromatic heterocycles. The second-order valence-electron chi connectivity index (χ2n) is 7.60. The van der Waals surface area contributed by atoms with E-state index in [0.29, 0.717) is 5.75 Å². The first kappa shape index (κ1) is 19.6. The molecule has 0 radical (unpaired) electrons. The number of hydrogen-bond donors (Lipinski definition) is 2. The number of carboxylic acid groups (broad SMARTS) is 2. The first-order chi connectivity index (χ1) is 15.5. The van der Waals surface area contributed by atoms with Gasteiger partial charge in [0.1, 0.15) is 11.5 Å². The van der Waals surface area contributed by atoms with E-state index >= 15 is 0 Å². The van der Waals surface area contributed by atoms with Crippen molar-refractivity contribution in [1.82, 2.24) is 0 Å². The van der Waals surface area contributed by atoms with Crippen molar-refractivity contribution in [3.05, 3.63) is 119 Å². The summed E-state index contributed by atoms with van der Waals surface area (Å²) in [7, 11) is 0. The Bertz CT molecular complexity index is 1310. The van der Waals surface area contributed by atoms with Gasteiger partial charge >= 0.3 is 11.9 Å². The summed E-state index contributed by atoms with van der Waals surface area (Å²) in [6, 6.07) is 28.4. The SMILES string of the molecule is O=C(O)c1ccc(Oc2ccc(C3c4ccccc4-c4ccccc43)cc2)cc1C(=O)O. The average molecular weight is 422 g/mol. The Morgan fingerprint density at radius 2 is 1.16 bits per heavy atom. The van der Waals surface area contributed by atoms with Gasteiger partial charge in [-0.3, -0.25) is 0 Å². The van der Waals surface area contributed by atoms with Gasteiger partial charge in [0.05, 0.1) is 11.1 Å². The van der Waals surface area contributed by atoms with Crippen LogP contribution < -0.4 is 4.74 Å². The predicted molar refractivity (Wildman–Crippen MR) is 120 cm³/mol. The summed E-state index contributed by atoms with van der Waals surface area (Å²) in [4.78, 5) is 22.6. The molecule has 5 heteroatoms. The Labute approximate surface area is 184 Å². The average Bonchev–Trinajstić information content (AvgIpc) is 3.14. The topological polar surface area (TPSA) is 83.8 Å². The van der Waals surface area contributed by atoms with E-state index in [-0.39, 0.29) is 22.8 Å². The molecule has 0 saturated carbocycles. The molecule has 4 aromatic carbocycles. The molecule has 32 heavy (non-hydrogen) atoms. The van der Waals surface area contributed by atoms with Crippen molar-refractivity contribution in [3.8, 4) is 22.6 Å². The highest BCUT2D eigenvalue weighted by atomic mass is 16.5. The van der Waals surface area contributed by atoms with Gasteiger partial charge in [-0.2, -0.15) is 0 Å². The molecule has 2 N–H and O–H groups in total. The molecule has 4 aromatic rings. The maximum atomic E-state index is 11.4. The van der Waals surface area contributed by atoms with Crippen LogP contribution >= 0.6 is 0 Å². The zero-order valence-corrected chi connectivity index (χ0v) is 16.9. The first-order valence-corrected chi connectivity index (χ1v) is 10.1. The summed E-state index contributed by atoms with van der Waals surface area (Å²) in [6.45, 7) is 0. The zero-order valence-electron chi connectivity index (χ0n) is 16.9. The molecule has 0 heterocycles. The van der Waals surface area contributed by atoms with Crippen LogP contribution in [0.5, 0.6) is 11.5 Å². The van der Waals surface area contributed by atoms with Crippen molar-refractivity contribution in [3.63, 3.8) is 0 Å². The predicted octanol–water partition coefficient (Wildman–Crippen LogP) is 6.04. The molecule has 0 atom stereocenters. The van der Waals surface area contributed by atoms with Crippen molar-refractivity contribution in [2.24, 2.45) is 0 Å². The number of carboxylic acids is 2. The van der Waals surface area contributed by atoms with Gasteiger partial charge in [0.25, 0.3) is 0 Å². The highest BCUT2D eigenvalue weighted by Gasteiger charge is 2.29. The molecule has 0 bridgehead atoms. The normalized spacial score (nSPS) is 12.1. The van der Waals surface area contributed by atoms with Crippen LogP contribution in [-0.4, -0.2) is 22.2 Å². The lowest BCUT2D eigenvalue weighted by molar-refractivity contribution is 0.0651. The maximum absolute atomic E-state index is 11.4. The fourth-order valence-corrected chi connectivity index (χ4v) is 4.33. The van der Waals surface area contributed by atoms with Crippen molar-refractivity contribution < 1.29 is 24.5 Å². The Morgan fingerprint density at radius 1 is 0.625 bits per heavy atom. The van der Waals surface area contributed by atoms with E-state index in [1.807, 2.05) is 24.3 Å². The summed E-state index contributed by atoms with van der Waals surface area (Å²) in [5.74, 6) is -1.69. The molecule has 0 fully saturated rings. The van der Waals surface area contributed by atoms with Gasteiger partial charge in [-0.1, -0.05) is 60.7 Å². The maximum Gasteiger partial charge on any atom is 0.336 e. The standard InChI is InChI=1S/C27H18O5/c28-26(29)23-14-13-18(15-24(23)27(30)31)32-17-11-9-16(10-12-17)25-21-7-3-1-5-19(21)20-6-2-4-8-22(20)25/h1-15,25H,(H,28,29)(H,30,31). The molecule has 0 saturated heterocycles. The van der Waals surface area contributed by atoms with Gasteiger partial charge in [-0.25, -0.2) is 9.59 Å². The van der Waals surface area contributed by atoms with Gasteiger partial charge in [0, 0.05) is 5.92 Å². The Morgan fingerprint density at radius 3 is 1.72 bits per heavy atom. The molecule has 0 unspecified atom stereocenters. The number of benzene rings is 4. The van der Waals surface area contributed by atoms with E-state index in [4.69, 9.17) is 9.84 Å². The van der Waals surface area contributed by atoms with Gasteiger partial charge < -0.3 is 14.9 Å². The van der Waals surface area contributed by atoms with Crippen molar-refractivity contribution in [2.75, 3.05) is 0 Å². The fraction of sp³-hybridized carbons (Fsp3) is 0.0370. The fourth-order valence-electron chi connectivity index (χ4n) is 4.33. The first-order valence-electron chi connectivity index (χ1n) is 10.1. The summed E-state index contributed by atoms with van der Waals surface area (Å²) >= 11 is 0. The van der Waals surface area contributed by atoms with Crippen LogP contribution in [0.15, 0.2) is 91.0 Å². The smallest absolute Gasteiger partial charge is 0.336 e. The second kappa shape index (κ2) is 7.71. The van der Waals surface area contributed by atoms with Crippen molar-refractivity contribution in [2.45, 2.75) is 5.92 Å². The van der Waals surface area contributed by atoms with Crippen LogP contribution in [0.3, 0.4) is 0 Å². The molecule has 0 spiro atoms. The highest BCUT2D eigenvalue weighted by Crippen LogP contribution is 2.47. The minimum Gasteiger partial charge on any atom is -0.478 e. The highest BCUT2D eigenvalue weighted by molar-refractivity contribution is 6.02. The summed E-state index contributed by atoms with van der Waals surface area (Å²) in [6.07, 6.45) is 0. The summed E-state index contributed by atoms with van der Waals surface area (Å²) in [5, 5.41) is 18.5. The third kappa shape index (κ3) is 3.30. The third-order valence-electron chi connectivity index (χ3n) is 5.73. The van der Waals surface area contributed by atoms with E-state index in [2.05, 4.69) is 48.5 Å². The Kier molecular flexibility index (Phi) is 4.71. The number of aromatic carboxylic acids is 2. The van der Waals surface area contributed by atoms with Crippen LogP contribution in [0, 0.1) is 0 Å². The van der Waals surface area contributed by atoms with E-state index in [9.17, 15) is 14.7 Å². The summed E-state index contributed by atoms with van der Waals surface area (Å²) in [5.41, 5.74) is 5.54. The molecular formula is C27H18O5.